The predicted molar refractivity (Wildman–Crippen MR) is 65.8 cm³/mol. The largest absolute Gasteiger partial charge is 0.368 e. The van der Waals surface area contributed by atoms with Gasteiger partial charge in [-0.3, -0.25) is 0 Å². The Balaban J connectivity index is 0.00000225. The Hall–Kier alpha value is -2.18. The lowest BCUT2D eigenvalue weighted by Crippen LogP contribution is -2.26. The molecule has 1 aromatic rings. The van der Waals surface area contributed by atoms with Gasteiger partial charge in [-0.15, -0.1) is 25.3 Å². The van der Waals surface area contributed by atoms with Gasteiger partial charge in [0.05, 0.1) is 13.1 Å². The number of nitrogen functional groups attached to an aromatic ring is 2. The molecule has 16 heavy (non-hydrogen) atoms. The standard InChI is InChI=1S/C9H10N6.ClH/c1-3-5-15(6-4-2)9-13-7(10)12-8(11)14-9;/h1-2H,5-6H2,(H4,10,11,12,13,14);1H. The summed E-state index contributed by atoms with van der Waals surface area (Å²) in [5, 5.41) is 0. The summed E-state index contributed by atoms with van der Waals surface area (Å²) < 4.78 is 0. The molecule has 1 heterocycles. The van der Waals surface area contributed by atoms with Crippen molar-refractivity contribution in [3.8, 4) is 24.7 Å². The zero-order valence-electron chi connectivity index (χ0n) is 8.42. The van der Waals surface area contributed by atoms with Gasteiger partial charge in [0.25, 0.3) is 0 Å². The summed E-state index contributed by atoms with van der Waals surface area (Å²) >= 11 is 0. The number of rotatable bonds is 3. The topological polar surface area (TPSA) is 94.0 Å². The molecule has 0 unspecified atom stereocenters. The molecule has 1 aromatic heterocycles. The molecule has 0 amide bonds. The molecule has 0 aliphatic carbocycles. The first-order valence-corrected chi connectivity index (χ1v) is 4.06. The van der Waals surface area contributed by atoms with Crippen LogP contribution in [0.25, 0.3) is 0 Å². The zero-order chi connectivity index (χ0) is 11.3. The van der Waals surface area contributed by atoms with E-state index in [9.17, 15) is 0 Å². The van der Waals surface area contributed by atoms with Crippen molar-refractivity contribution in [2.75, 3.05) is 29.5 Å². The molecular weight excluding hydrogens is 228 g/mol. The summed E-state index contributed by atoms with van der Waals surface area (Å²) in [5.74, 6) is 5.24. The molecule has 0 aromatic carbocycles. The molecule has 6 nitrogen and oxygen atoms in total. The molecule has 84 valence electrons. The fourth-order valence-corrected chi connectivity index (χ4v) is 0.956. The average Bonchev–Trinajstić information content (AvgIpc) is 2.16. The first kappa shape index (κ1) is 13.8. The Morgan fingerprint density at radius 1 is 1.00 bits per heavy atom. The number of terminal acetylenes is 2. The third-order valence-electron chi connectivity index (χ3n) is 1.51. The highest BCUT2D eigenvalue weighted by Gasteiger charge is 2.09. The van der Waals surface area contributed by atoms with Crippen LogP contribution in [0.1, 0.15) is 0 Å². The van der Waals surface area contributed by atoms with E-state index in [1.807, 2.05) is 0 Å². The van der Waals surface area contributed by atoms with Crippen LogP contribution in [0, 0.1) is 24.7 Å². The molecule has 0 atom stereocenters. The van der Waals surface area contributed by atoms with E-state index >= 15 is 0 Å². The quantitative estimate of drug-likeness (QED) is 0.692. The van der Waals surface area contributed by atoms with Crippen LogP contribution in [-0.4, -0.2) is 28.0 Å². The maximum absolute atomic E-state index is 5.42. The summed E-state index contributed by atoms with van der Waals surface area (Å²) in [6, 6.07) is 0. The van der Waals surface area contributed by atoms with Gasteiger partial charge in [-0.1, -0.05) is 11.8 Å². The Morgan fingerprint density at radius 2 is 1.44 bits per heavy atom. The maximum Gasteiger partial charge on any atom is 0.233 e. The second-order valence-electron chi connectivity index (χ2n) is 2.62. The zero-order valence-corrected chi connectivity index (χ0v) is 9.24. The molecule has 0 fully saturated rings. The van der Waals surface area contributed by atoms with Crippen molar-refractivity contribution in [2.45, 2.75) is 0 Å². The Kier molecular flexibility index (Phi) is 5.47. The van der Waals surface area contributed by atoms with Gasteiger partial charge in [0, 0.05) is 0 Å². The monoisotopic (exact) mass is 238 g/mol. The number of nitrogens with zero attached hydrogens (tertiary/aromatic N) is 4. The van der Waals surface area contributed by atoms with Gasteiger partial charge in [-0.2, -0.15) is 15.0 Å². The summed E-state index contributed by atoms with van der Waals surface area (Å²) in [6.45, 7) is 0.570. The summed E-state index contributed by atoms with van der Waals surface area (Å²) in [7, 11) is 0. The van der Waals surface area contributed by atoms with Gasteiger partial charge < -0.3 is 16.4 Å². The van der Waals surface area contributed by atoms with Gasteiger partial charge in [-0.05, 0) is 0 Å². The highest BCUT2D eigenvalue weighted by Crippen LogP contribution is 2.08. The van der Waals surface area contributed by atoms with Crippen molar-refractivity contribution in [3.05, 3.63) is 0 Å². The van der Waals surface area contributed by atoms with Crippen LogP contribution >= 0.6 is 12.4 Å². The fraction of sp³-hybridized carbons (Fsp3) is 0.222. The maximum atomic E-state index is 5.42. The van der Waals surface area contributed by atoms with E-state index < -0.39 is 0 Å². The first-order valence-electron chi connectivity index (χ1n) is 4.06. The van der Waals surface area contributed by atoms with Crippen molar-refractivity contribution in [1.82, 2.24) is 15.0 Å². The van der Waals surface area contributed by atoms with Crippen molar-refractivity contribution in [1.29, 1.82) is 0 Å². The second-order valence-corrected chi connectivity index (χ2v) is 2.62. The average molecular weight is 239 g/mol. The molecule has 0 radical (unpaired) electrons. The number of hydrogen-bond acceptors (Lipinski definition) is 6. The lowest BCUT2D eigenvalue weighted by Gasteiger charge is -2.16. The minimum atomic E-state index is 0. The lowest BCUT2D eigenvalue weighted by molar-refractivity contribution is 0.899. The van der Waals surface area contributed by atoms with Crippen LogP contribution in [-0.2, 0) is 0 Å². The van der Waals surface area contributed by atoms with Crippen LogP contribution in [0.4, 0.5) is 17.8 Å². The second kappa shape index (κ2) is 6.33. The lowest BCUT2D eigenvalue weighted by atomic mass is 10.5. The molecular formula is C9H11ClN6. The van der Waals surface area contributed by atoms with E-state index in [1.165, 1.54) is 0 Å². The highest BCUT2D eigenvalue weighted by atomic mass is 35.5. The predicted octanol–water partition coefficient (Wildman–Crippen LogP) is -0.469. The molecule has 1 rings (SSSR count). The van der Waals surface area contributed by atoms with Gasteiger partial charge in [0.15, 0.2) is 0 Å². The highest BCUT2D eigenvalue weighted by molar-refractivity contribution is 5.85. The minimum absolute atomic E-state index is 0. The molecule has 0 saturated carbocycles. The number of aromatic nitrogens is 3. The van der Waals surface area contributed by atoms with Gasteiger partial charge >= 0.3 is 0 Å². The molecule has 0 spiro atoms. The fourth-order valence-electron chi connectivity index (χ4n) is 0.956. The third kappa shape index (κ3) is 3.52. The van der Waals surface area contributed by atoms with Crippen LogP contribution in [0.2, 0.25) is 0 Å². The Labute approximate surface area is 99.9 Å². The summed E-state index contributed by atoms with van der Waals surface area (Å²) in [5.41, 5.74) is 10.8. The van der Waals surface area contributed by atoms with E-state index in [-0.39, 0.29) is 43.3 Å². The minimum Gasteiger partial charge on any atom is -0.368 e. The molecule has 0 aliphatic heterocycles. The van der Waals surface area contributed by atoms with Crippen LogP contribution in [0.5, 0.6) is 0 Å². The number of anilines is 3. The van der Waals surface area contributed by atoms with Gasteiger partial charge in [0.2, 0.25) is 17.8 Å². The van der Waals surface area contributed by atoms with Crippen molar-refractivity contribution >= 4 is 30.3 Å². The molecule has 4 N–H and O–H groups in total. The van der Waals surface area contributed by atoms with Crippen molar-refractivity contribution in [2.24, 2.45) is 0 Å². The van der Waals surface area contributed by atoms with E-state index in [1.54, 1.807) is 4.90 Å². The summed E-state index contributed by atoms with van der Waals surface area (Å²) in [4.78, 5) is 13.0. The number of nitrogens with two attached hydrogens (primary N) is 2. The van der Waals surface area contributed by atoms with Crippen LogP contribution in [0.15, 0.2) is 0 Å². The first-order chi connectivity index (χ1) is 7.17. The molecule has 0 bridgehead atoms. The SMILES string of the molecule is C#CCN(CC#C)c1nc(N)nc(N)n1.Cl. The van der Waals surface area contributed by atoms with Crippen LogP contribution in [0.3, 0.4) is 0 Å². The Bertz CT molecular complexity index is 396. The van der Waals surface area contributed by atoms with Gasteiger partial charge in [-0.25, -0.2) is 0 Å². The molecule has 7 heteroatoms. The molecule has 0 saturated heterocycles. The Morgan fingerprint density at radius 3 is 1.81 bits per heavy atom. The van der Waals surface area contributed by atoms with E-state index in [0.29, 0.717) is 0 Å². The smallest absolute Gasteiger partial charge is 0.233 e. The van der Waals surface area contributed by atoms with Crippen molar-refractivity contribution in [3.63, 3.8) is 0 Å². The summed E-state index contributed by atoms with van der Waals surface area (Å²) in [6.07, 6.45) is 10.4. The molecule has 0 aliphatic rings. The van der Waals surface area contributed by atoms with E-state index in [2.05, 4.69) is 26.8 Å². The van der Waals surface area contributed by atoms with Crippen LogP contribution < -0.4 is 16.4 Å². The van der Waals surface area contributed by atoms with E-state index in [4.69, 9.17) is 24.3 Å². The van der Waals surface area contributed by atoms with Gasteiger partial charge in [0.1, 0.15) is 0 Å². The number of hydrogen-bond donors (Lipinski definition) is 2. The van der Waals surface area contributed by atoms with Crippen molar-refractivity contribution < 1.29 is 0 Å². The normalized spacial score (nSPS) is 8.38. The van der Waals surface area contributed by atoms with E-state index in [0.717, 1.165) is 0 Å². The third-order valence-corrected chi connectivity index (χ3v) is 1.51. The number of halogens is 1.